The van der Waals surface area contributed by atoms with Crippen LogP contribution in [0.15, 0.2) is 53.4 Å². The number of nitrogens with zero attached hydrogens (tertiary/aromatic N) is 3. The van der Waals surface area contributed by atoms with Crippen LogP contribution in [0, 0.1) is 6.92 Å². The average Bonchev–Trinajstić information content (AvgIpc) is 2.73. The van der Waals surface area contributed by atoms with Gasteiger partial charge in [-0.3, -0.25) is 9.10 Å². The number of benzene rings is 2. The lowest BCUT2D eigenvalue weighted by molar-refractivity contribution is -0.133. The zero-order chi connectivity index (χ0) is 23.7. The standard InChI is InChI=1S/C21H26ClN3O5S2/c1-16-7-9-20(10-8-16)32(29,30)24-13-11-23(12-14-24)21(26)17(2)25(31(3,27)28)19-6-4-5-18(22)15-19/h4-10,15,17H,11-14H2,1-3H3/t17-/m1/s1. The van der Waals surface area contributed by atoms with Gasteiger partial charge in [0.15, 0.2) is 0 Å². The van der Waals surface area contributed by atoms with Crippen LogP contribution in [0.5, 0.6) is 0 Å². The molecule has 0 spiro atoms. The minimum Gasteiger partial charge on any atom is -0.338 e. The summed E-state index contributed by atoms with van der Waals surface area (Å²) < 4.78 is 53.1. The Balaban J connectivity index is 1.74. The molecule has 0 aliphatic carbocycles. The smallest absolute Gasteiger partial charge is 0.246 e. The first-order chi connectivity index (χ1) is 14.9. The van der Waals surface area contributed by atoms with Crippen LogP contribution in [-0.2, 0) is 24.8 Å². The van der Waals surface area contributed by atoms with E-state index in [1.807, 2.05) is 6.92 Å². The number of hydrogen-bond donors (Lipinski definition) is 0. The van der Waals surface area contributed by atoms with E-state index >= 15 is 0 Å². The first kappa shape index (κ1) is 24.5. The van der Waals surface area contributed by atoms with E-state index in [1.54, 1.807) is 42.5 Å². The van der Waals surface area contributed by atoms with E-state index in [4.69, 9.17) is 11.6 Å². The second-order valence-electron chi connectivity index (χ2n) is 7.76. The van der Waals surface area contributed by atoms with E-state index in [0.29, 0.717) is 10.7 Å². The van der Waals surface area contributed by atoms with Gasteiger partial charge in [-0.1, -0.05) is 35.4 Å². The van der Waals surface area contributed by atoms with E-state index in [9.17, 15) is 21.6 Å². The van der Waals surface area contributed by atoms with Crippen molar-refractivity contribution in [2.45, 2.75) is 24.8 Å². The summed E-state index contributed by atoms with van der Waals surface area (Å²) in [4.78, 5) is 14.8. The molecule has 0 unspecified atom stereocenters. The van der Waals surface area contributed by atoms with Gasteiger partial charge in [0.25, 0.3) is 0 Å². The van der Waals surface area contributed by atoms with Crippen molar-refractivity contribution >= 4 is 43.2 Å². The van der Waals surface area contributed by atoms with E-state index in [2.05, 4.69) is 0 Å². The van der Waals surface area contributed by atoms with Gasteiger partial charge in [0.05, 0.1) is 16.8 Å². The van der Waals surface area contributed by atoms with E-state index < -0.39 is 32.0 Å². The van der Waals surface area contributed by atoms with Gasteiger partial charge in [-0.25, -0.2) is 16.8 Å². The third-order valence-electron chi connectivity index (χ3n) is 5.34. The fourth-order valence-corrected chi connectivity index (χ4v) is 6.46. The SMILES string of the molecule is Cc1ccc(S(=O)(=O)N2CCN(C(=O)[C@@H](C)N(c3cccc(Cl)c3)S(C)(=O)=O)CC2)cc1. The Labute approximate surface area is 194 Å². The Bertz CT molecular complexity index is 1190. The van der Waals surface area contributed by atoms with Crippen molar-refractivity contribution < 1.29 is 21.6 Å². The normalized spacial score (nSPS) is 16.6. The van der Waals surface area contributed by atoms with Gasteiger partial charge in [-0.15, -0.1) is 0 Å². The first-order valence-electron chi connectivity index (χ1n) is 10.0. The highest BCUT2D eigenvalue weighted by atomic mass is 35.5. The number of aryl methyl sites for hydroxylation is 1. The number of carbonyl (C=O) groups is 1. The van der Waals surface area contributed by atoms with Crippen molar-refractivity contribution in [3.05, 3.63) is 59.1 Å². The minimum absolute atomic E-state index is 0.130. The Morgan fingerprint density at radius 2 is 1.59 bits per heavy atom. The van der Waals surface area contributed by atoms with Crippen molar-refractivity contribution in [2.75, 3.05) is 36.7 Å². The molecule has 8 nitrogen and oxygen atoms in total. The fourth-order valence-electron chi connectivity index (χ4n) is 3.69. The molecule has 0 bridgehead atoms. The molecule has 11 heteroatoms. The van der Waals surface area contributed by atoms with E-state index in [0.717, 1.165) is 16.1 Å². The van der Waals surface area contributed by atoms with Crippen LogP contribution in [0.3, 0.4) is 0 Å². The van der Waals surface area contributed by atoms with Crippen LogP contribution in [0.2, 0.25) is 5.02 Å². The largest absolute Gasteiger partial charge is 0.338 e. The predicted octanol–water partition coefficient (Wildman–Crippen LogP) is 2.34. The maximum absolute atomic E-state index is 13.1. The number of carbonyl (C=O) groups excluding carboxylic acids is 1. The van der Waals surface area contributed by atoms with Crippen LogP contribution in [0.25, 0.3) is 0 Å². The molecule has 0 aromatic heterocycles. The molecule has 0 saturated carbocycles. The van der Waals surface area contributed by atoms with Crippen LogP contribution in [-0.4, -0.2) is 70.4 Å². The molecule has 1 heterocycles. The summed E-state index contributed by atoms with van der Waals surface area (Å²) in [7, 11) is -7.43. The second-order valence-corrected chi connectivity index (χ2v) is 12.0. The molecule has 174 valence electrons. The molecular formula is C21H26ClN3O5S2. The highest BCUT2D eigenvalue weighted by Crippen LogP contribution is 2.25. The number of sulfonamides is 2. The highest BCUT2D eigenvalue weighted by molar-refractivity contribution is 7.92. The molecule has 1 aliphatic heterocycles. The topological polar surface area (TPSA) is 95.1 Å². The van der Waals surface area contributed by atoms with Gasteiger partial charge in [-0.05, 0) is 44.2 Å². The summed E-state index contributed by atoms with van der Waals surface area (Å²) >= 11 is 6.01. The number of hydrogen-bond acceptors (Lipinski definition) is 5. The summed E-state index contributed by atoms with van der Waals surface area (Å²) in [6, 6.07) is 11.9. The van der Waals surface area contributed by atoms with Crippen molar-refractivity contribution in [3.8, 4) is 0 Å². The van der Waals surface area contributed by atoms with E-state index in [1.165, 1.54) is 22.2 Å². The second kappa shape index (κ2) is 9.38. The zero-order valence-corrected chi connectivity index (χ0v) is 20.5. The molecule has 0 N–H and O–H groups in total. The Morgan fingerprint density at radius 3 is 2.12 bits per heavy atom. The summed E-state index contributed by atoms with van der Waals surface area (Å²) in [6.45, 7) is 3.99. The lowest BCUT2D eigenvalue weighted by Crippen LogP contribution is -2.56. The third-order valence-corrected chi connectivity index (χ3v) is 8.73. The highest BCUT2D eigenvalue weighted by Gasteiger charge is 2.35. The molecule has 1 amide bonds. The molecule has 2 aromatic carbocycles. The Morgan fingerprint density at radius 1 is 1.00 bits per heavy atom. The predicted molar refractivity (Wildman–Crippen MR) is 125 cm³/mol. The van der Waals surface area contributed by atoms with Crippen molar-refractivity contribution in [1.29, 1.82) is 0 Å². The third kappa shape index (κ3) is 5.25. The lowest BCUT2D eigenvalue weighted by atomic mass is 10.2. The molecule has 3 rings (SSSR count). The molecule has 1 atom stereocenters. The molecule has 32 heavy (non-hydrogen) atoms. The summed E-state index contributed by atoms with van der Waals surface area (Å²) in [5, 5.41) is 0.353. The molecule has 1 fully saturated rings. The van der Waals surface area contributed by atoms with Gasteiger partial charge >= 0.3 is 0 Å². The number of amides is 1. The summed E-state index contributed by atoms with van der Waals surface area (Å²) in [6.07, 6.45) is 1.03. The number of halogens is 1. The van der Waals surface area contributed by atoms with Gasteiger partial charge in [0.2, 0.25) is 26.0 Å². The van der Waals surface area contributed by atoms with Gasteiger partial charge in [0, 0.05) is 31.2 Å². The van der Waals surface area contributed by atoms with Crippen LogP contribution >= 0.6 is 11.6 Å². The fraction of sp³-hybridized carbons (Fsp3) is 0.381. The van der Waals surface area contributed by atoms with Crippen LogP contribution in [0.1, 0.15) is 12.5 Å². The number of anilines is 1. The summed E-state index contributed by atoms with van der Waals surface area (Å²) in [5.74, 6) is -0.400. The Hall–Kier alpha value is -2.14. The minimum atomic E-state index is -3.77. The molecule has 0 radical (unpaired) electrons. The average molecular weight is 500 g/mol. The molecular weight excluding hydrogens is 474 g/mol. The quantitative estimate of drug-likeness (QED) is 0.608. The number of piperazine rings is 1. The molecule has 1 saturated heterocycles. The zero-order valence-electron chi connectivity index (χ0n) is 18.1. The first-order valence-corrected chi connectivity index (χ1v) is 13.7. The Kier molecular flexibility index (Phi) is 7.18. The van der Waals surface area contributed by atoms with E-state index in [-0.39, 0.29) is 31.1 Å². The van der Waals surface area contributed by atoms with Crippen molar-refractivity contribution in [2.24, 2.45) is 0 Å². The van der Waals surface area contributed by atoms with Crippen molar-refractivity contribution in [3.63, 3.8) is 0 Å². The monoisotopic (exact) mass is 499 g/mol. The number of rotatable bonds is 6. The molecule has 2 aromatic rings. The van der Waals surface area contributed by atoms with Crippen LogP contribution < -0.4 is 4.31 Å². The van der Waals surface area contributed by atoms with Gasteiger partial charge in [0.1, 0.15) is 6.04 Å². The summed E-state index contributed by atoms with van der Waals surface area (Å²) in [5.41, 5.74) is 1.25. The van der Waals surface area contributed by atoms with Gasteiger partial charge < -0.3 is 4.90 Å². The lowest BCUT2D eigenvalue weighted by Gasteiger charge is -2.37. The molecule has 1 aliphatic rings. The van der Waals surface area contributed by atoms with Gasteiger partial charge in [-0.2, -0.15) is 4.31 Å². The van der Waals surface area contributed by atoms with Crippen LogP contribution in [0.4, 0.5) is 5.69 Å². The maximum atomic E-state index is 13.1. The maximum Gasteiger partial charge on any atom is 0.246 e. The van der Waals surface area contributed by atoms with Crippen molar-refractivity contribution in [1.82, 2.24) is 9.21 Å².